The molecule has 6 heteroatoms. The van der Waals surface area contributed by atoms with E-state index in [0.29, 0.717) is 37.7 Å². The van der Waals surface area contributed by atoms with Crippen LogP contribution in [0.15, 0.2) is 24.3 Å². The van der Waals surface area contributed by atoms with Gasteiger partial charge in [0.25, 0.3) is 5.91 Å². The van der Waals surface area contributed by atoms with E-state index in [-0.39, 0.29) is 18.1 Å². The van der Waals surface area contributed by atoms with Gasteiger partial charge in [0, 0.05) is 38.3 Å². The van der Waals surface area contributed by atoms with Crippen molar-refractivity contribution in [1.29, 1.82) is 0 Å². The Bertz CT molecular complexity index is 576. The van der Waals surface area contributed by atoms with Gasteiger partial charge in [-0.25, -0.2) is 0 Å². The highest BCUT2D eigenvalue weighted by Crippen LogP contribution is 2.16. The number of nitrogens with zero attached hydrogens (tertiary/aromatic N) is 2. The first-order chi connectivity index (χ1) is 12.9. The second-order valence-corrected chi connectivity index (χ2v) is 7.65. The van der Waals surface area contributed by atoms with Gasteiger partial charge < -0.3 is 19.5 Å². The Hall–Kier alpha value is -1.63. The van der Waals surface area contributed by atoms with Gasteiger partial charge in [-0.05, 0) is 36.6 Å². The molecule has 2 atom stereocenters. The smallest absolute Gasteiger partial charge is 0.253 e. The quantitative estimate of drug-likeness (QED) is 0.714. The Morgan fingerprint density at radius 1 is 1.37 bits per heavy atom. The molecule has 2 rings (SSSR count). The summed E-state index contributed by atoms with van der Waals surface area (Å²) in [5.74, 6) is 1.12. The third-order valence-corrected chi connectivity index (χ3v) is 4.80. The summed E-state index contributed by atoms with van der Waals surface area (Å²) in [6, 6.07) is 7.23. The Morgan fingerprint density at radius 2 is 2.07 bits per heavy atom. The molecule has 0 bridgehead atoms. The first kappa shape index (κ1) is 21.7. The largest absolute Gasteiger partial charge is 0.497 e. The van der Waals surface area contributed by atoms with E-state index in [1.807, 2.05) is 24.0 Å². The van der Waals surface area contributed by atoms with Crippen LogP contribution in [-0.4, -0.2) is 79.5 Å². The molecule has 0 radical (unpaired) electrons. The average Bonchev–Trinajstić information content (AvgIpc) is 2.67. The maximum absolute atomic E-state index is 13.0. The Kier molecular flexibility index (Phi) is 8.54. The number of ether oxygens (including phenoxy) is 2. The predicted octanol–water partition coefficient (Wildman–Crippen LogP) is 2.27. The second-order valence-electron chi connectivity index (χ2n) is 7.65. The van der Waals surface area contributed by atoms with Crippen LogP contribution in [0, 0.1) is 5.92 Å². The van der Waals surface area contributed by atoms with Crippen molar-refractivity contribution < 1.29 is 19.4 Å². The first-order valence-corrected chi connectivity index (χ1v) is 9.88. The van der Waals surface area contributed by atoms with Crippen LogP contribution in [0.2, 0.25) is 0 Å². The zero-order valence-corrected chi connectivity index (χ0v) is 17.1. The summed E-state index contributed by atoms with van der Waals surface area (Å²) in [4.78, 5) is 17.2. The molecule has 0 spiro atoms. The van der Waals surface area contributed by atoms with Crippen molar-refractivity contribution in [1.82, 2.24) is 9.80 Å². The molecule has 1 aromatic carbocycles. The standard InChI is InChI=1S/C21H34N2O4/c1-5-18(24)13-22-10-11-27-20(14-22)15-23(12-16(2)3)21(25)17-6-8-19(26-4)9-7-17/h6-9,16,18,20,24H,5,10-15H2,1-4H3/t18-,20-/m1/s1. The number of morpholine rings is 1. The fourth-order valence-electron chi connectivity index (χ4n) is 3.33. The number of benzene rings is 1. The van der Waals surface area contributed by atoms with Gasteiger partial charge in [-0.2, -0.15) is 0 Å². The highest BCUT2D eigenvalue weighted by Gasteiger charge is 2.26. The third-order valence-electron chi connectivity index (χ3n) is 4.80. The summed E-state index contributed by atoms with van der Waals surface area (Å²) in [5, 5.41) is 9.92. The van der Waals surface area contributed by atoms with E-state index in [9.17, 15) is 9.90 Å². The van der Waals surface area contributed by atoms with Gasteiger partial charge >= 0.3 is 0 Å². The van der Waals surface area contributed by atoms with Crippen LogP contribution in [-0.2, 0) is 4.74 Å². The third kappa shape index (κ3) is 6.79. The van der Waals surface area contributed by atoms with Crippen molar-refractivity contribution in [2.75, 3.05) is 46.4 Å². The molecular weight excluding hydrogens is 344 g/mol. The molecule has 1 amide bonds. The van der Waals surface area contributed by atoms with E-state index >= 15 is 0 Å². The minimum absolute atomic E-state index is 0.0145. The second kappa shape index (κ2) is 10.6. The number of hydrogen-bond donors (Lipinski definition) is 1. The summed E-state index contributed by atoms with van der Waals surface area (Å²) in [6.07, 6.45) is 0.400. The van der Waals surface area contributed by atoms with Crippen LogP contribution in [0.3, 0.4) is 0 Å². The molecular formula is C21H34N2O4. The molecule has 0 unspecified atom stereocenters. The maximum atomic E-state index is 13.0. The maximum Gasteiger partial charge on any atom is 0.253 e. The van der Waals surface area contributed by atoms with Gasteiger partial charge in [0.05, 0.1) is 25.9 Å². The zero-order valence-electron chi connectivity index (χ0n) is 17.1. The Morgan fingerprint density at radius 3 is 2.67 bits per heavy atom. The molecule has 0 aromatic heterocycles. The fourth-order valence-corrected chi connectivity index (χ4v) is 3.33. The van der Waals surface area contributed by atoms with E-state index in [2.05, 4.69) is 18.7 Å². The van der Waals surface area contributed by atoms with Crippen LogP contribution in [0.5, 0.6) is 5.75 Å². The topological polar surface area (TPSA) is 62.2 Å². The number of aliphatic hydroxyl groups excluding tert-OH is 1. The number of aliphatic hydroxyl groups is 1. The predicted molar refractivity (Wildman–Crippen MR) is 106 cm³/mol. The molecule has 0 aliphatic carbocycles. The number of rotatable bonds is 9. The van der Waals surface area contributed by atoms with E-state index in [4.69, 9.17) is 9.47 Å². The van der Waals surface area contributed by atoms with Gasteiger partial charge in [-0.15, -0.1) is 0 Å². The molecule has 0 saturated carbocycles. The molecule has 1 saturated heterocycles. The molecule has 1 aliphatic heterocycles. The molecule has 1 aliphatic rings. The lowest BCUT2D eigenvalue weighted by atomic mass is 10.1. The molecule has 1 heterocycles. The van der Waals surface area contributed by atoms with Crippen LogP contribution in [0.25, 0.3) is 0 Å². The van der Waals surface area contributed by atoms with Crippen molar-refractivity contribution in [2.24, 2.45) is 5.92 Å². The van der Waals surface area contributed by atoms with Crippen molar-refractivity contribution in [3.8, 4) is 5.75 Å². The molecule has 1 aromatic rings. The summed E-state index contributed by atoms with van der Waals surface area (Å²) < 4.78 is 11.1. The van der Waals surface area contributed by atoms with Crippen LogP contribution in [0.4, 0.5) is 0 Å². The van der Waals surface area contributed by atoms with E-state index in [1.54, 1.807) is 19.2 Å². The average molecular weight is 379 g/mol. The molecule has 6 nitrogen and oxygen atoms in total. The van der Waals surface area contributed by atoms with Crippen molar-refractivity contribution >= 4 is 5.91 Å². The lowest BCUT2D eigenvalue weighted by Gasteiger charge is -2.37. The summed E-state index contributed by atoms with van der Waals surface area (Å²) in [7, 11) is 1.61. The number of methoxy groups -OCH3 is 1. The van der Waals surface area contributed by atoms with Crippen LogP contribution < -0.4 is 4.74 Å². The first-order valence-electron chi connectivity index (χ1n) is 9.88. The van der Waals surface area contributed by atoms with Gasteiger partial charge in [0.15, 0.2) is 0 Å². The monoisotopic (exact) mass is 378 g/mol. The molecule has 1 fully saturated rings. The highest BCUT2D eigenvalue weighted by atomic mass is 16.5. The van der Waals surface area contributed by atoms with E-state index in [1.165, 1.54) is 0 Å². The van der Waals surface area contributed by atoms with Gasteiger partial charge in [0.1, 0.15) is 5.75 Å². The van der Waals surface area contributed by atoms with Crippen LogP contribution in [0.1, 0.15) is 37.6 Å². The zero-order chi connectivity index (χ0) is 19.8. The number of hydrogen-bond acceptors (Lipinski definition) is 5. The minimum Gasteiger partial charge on any atom is -0.497 e. The van der Waals surface area contributed by atoms with Crippen molar-refractivity contribution in [2.45, 2.75) is 39.4 Å². The molecule has 152 valence electrons. The highest BCUT2D eigenvalue weighted by molar-refractivity contribution is 5.94. The molecule has 27 heavy (non-hydrogen) atoms. The van der Waals surface area contributed by atoms with Crippen molar-refractivity contribution in [3.63, 3.8) is 0 Å². The van der Waals surface area contributed by atoms with Crippen LogP contribution >= 0.6 is 0 Å². The summed E-state index contributed by atoms with van der Waals surface area (Å²) in [6.45, 7) is 10.3. The summed E-state index contributed by atoms with van der Waals surface area (Å²) >= 11 is 0. The number of carbonyl (C=O) groups excluding carboxylic acids is 1. The SMILES string of the molecule is CC[C@@H](O)CN1CCO[C@@H](CN(CC(C)C)C(=O)c2ccc(OC)cc2)C1. The lowest BCUT2D eigenvalue weighted by molar-refractivity contribution is -0.0513. The van der Waals surface area contributed by atoms with Gasteiger partial charge in [-0.1, -0.05) is 20.8 Å². The Balaban J connectivity index is 2.03. The summed E-state index contributed by atoms with van der Waals surface area (Å²) in [5.41, 5.74) is 0.658. The number of β-amino-alcohol motifs (C(OH)–C–C–N with tert-alkyl or cyclic N) is 1. The molecule has 1 N–H and O–H groups in total. The van der Waals surface area contributed by atoms with Crippen molar-refractivity contribution in [3.05, 3.63) is 29.8 Å². The fraction of sp³-hybridized carbons (Fsp3) is 0.667. The van der Waals surface area contributed by atoms with Gasteiger partial charge in [-0.3, -0.25) is 9.69 Å². The van der Waals surface area contributed by atoms with Gasteiger partial charge in [0.2, 0.25) is 0 Å². The normalized spacial score (nSPS) is 19.1. The van der Waals surface area contributed by atoms with E-state index in [0.717, 1.165) is 25.3 Å². The minimum atomic E-state index is -0.309. The number of amides is 1. The number of carbonyl (C=O) groups is 1. The Labute approximate surface area is 163 Å². The van der Waals surface area contributed by atoms with E-state index < -0.39 is 0 Å². The lowest BCUT2D eigenvalue weighted by Crippen LogP contribution is -2.50.